The van der Waals surface area contributed by atoms with Crippen LogP contribution in [0.3, 0.4) is 0 Å². The summed E-state index contributed by atoms with van der Waals surface area (Å²) in [6.07, 6.45) is -3.17. The van der Waals surface area contributed by atoms with E-state index in [2.05, 4.69) is 0 Å². The Morgan fingerprint density at radius 2 is 1.65 bits per heavy atom. The molecular weight excluding hydrogens is 409 g/mol. The second kappa shape index (κ2) is 8.69. The number of nitrogen functional groups attached to an aromatic ring is 1. The van der Waals surface area contributed by atoms with E-state index in [9.17, 15) is 18.0 Å². The highest BCUT2D eigenvalue weighted by molar-refractivity contribution is 5.68. The number of amides is 1. The van der Waals surface area contributed by atoms with Crippen molar-refractivity contribution in [3.63, 3.8) is 0 Å². The summed E-state index contributed by atoms with van der Waals surface area (Å²) in [6, 6.07) is 9.96. The van der Waals surface area contributed by atoms with Gasteiger partial charge in [0.1, 0.15) is 11.4 Å². The molecule has 1 aliphatic heterocycles. The molecule has 0 atom stereocenters. The molecule has 0 radical (unpaired) electrons. The molecule has 1 fully saturated rings. The Morgan fingerprint density at radius 3 is 2.19 bits per heavy atom. The number of carbonyl (C=O) groups is 1. The molecule has 0 unspecified atom stereocenters. The lowest BCUT2D eigenvalue weighted by molar-refractivity contribution is -0.137. The molecule has 168 valence electrons. The molecular formula is C23H27F3N2O3. The van der Waals surface area contributed by atoms with Crippen molar-refractivity contribution in [1.82, 2.24) is 4.90 Å². The highest BCUT2D eigenvalue weighted by Gasteiger charge is 2.30. The van der Waals surface area contributed by atoms with Crippen molar-refractivity contribution in [1.29, 1.82) is 0 Å². The third-order valence-electron chi connectivity index (χ3n) is 5.07. The van der Waals surface area contributed by atoms with Crippen molar-refractivity contribution < 1.29 is 27.4 Å². The van der Waals surface area contributed by atoms with E-state index in [-0.39, 0.29) is 17.8 Å². The van der Waals surface area contributed by atoms with Gasteiger partial charge in [0.2, 0.25) is 0 Å². The smallest absolute Gasteiger partial charge is 0.416 e. The van der Waals surface area contributed by atoms with E-state index in [1.165, 1.54) is 12.1 Å². The maximum atomic E-state index is 12.7. The zero-order valence-corrected chi connectivity index (χ0v) is 17.8. The normalized spacial score (nSPS) is 15.6. The predicted molar refractivity (Wildman–Crippen MR) is 112 cm³/mol. The largest absolute Gasteiger partial charge is 0.455 e. The van der Waals surface area contributed by atoms with Gasteiger partial charge in [-0.05, 0) is 81.5 Å². The molecule has 0 bridgehead atoms. The van der Waals surface area contributed by atoms with Crippen molar-refractivity contribution in [3.8, 4) is 11.5 Å². The summed E-state index contributed by atoms with van der Waals surface area (Å²) in [5.74, 6) is 0.887. The summed E-state index contributed by atoms with van der Waals surface area (Å²) in [6.45, 7) is 6.68. The van der Waals surface area contributed by atoms with Crippen LogP contribution in [0.4, 0.5) is 23.7 Å². The number of hydrogen-bond donors (Lipinski definition) is 1. The highest BCUT2D eigenvalue weighted by Crippen LogP contribution is 2.36. The van der Waals surface area contributed by atoms with Crippen molar-refractivity contribution in [3.05, 3.63) is 53.6 Å². The molecule has 0 aliphatic carbocycles. The van der Waals surface area contributed by atoms with Gasteiger partial charge in [-0.15, -0.1) is 0 Å². The molecule has 0 saturated carbocycles. The number of rotatable bonds is 3. The van der Waals surface area contributed by atoms with Crippen LogP contribution in [0.25, 0.3) is 0 Å². The minimum atomic E-state index is -4.40. The Balaban J connectivity index is 1.66. The lowest BCUT2D eigenvalue weighted by Gasteiger charge is -2.33. The van der Waals surface area contributed by atoms with Gasteiger partial charge >= 0.3 is 12.3 Å². The Morgan fingerprint density at radius 1 is 1.03 bits per heavy atom. The van der Waals surface area contributed by atoms with E-state index < -0.39 is 17.3 Å². The molecule has 3 rings (SSSR count). The zero-order valence-electron chi connectivity index (χ0n) is 17.8. The van der Waals surface area contributed by atoms with E-state index in [0.717, 1.165) is 30.5 Å². The molecule has 1 saturated heterocycles. The standard InChI is InChI=1S/C23H27F3N2O3/c1-22(2,3)31-21(29)28-12-10-15(11-13-28)16-4-9-19(27)20(14-16)30-18-7-5-17(6-8-18)23(24,25)26/h4-9,14-15H,10-13,27H2,1-3H3. The van der Waals surface area contributed by atoms with Crippen LogP contribution >= 0.6 is 0 Å². The number of halogens is 3. The van der Waals surface area contributed by atoms with Gasteiger partial charge in [0.15, 0.2) is 5.75 Å². The summed E-state index contributed by atoms with van der Waals surface area (Å²) in [7, 11) is 0. The Bertz CT molecular complexity index is 913. The first-order valence-electron chi connectivity index (χ1n) is 10.1. The molecule has 5 nitrogen and oxygen atoms in total. The molecule has 2 aromatic carbocycles. The third-order valence-corrected chi connectivity index (χ3v) is 5.07. The molecule has 8 heteroatoms. The zero-order chi connectivity index (χ0) is 22.8. The third kappa shape index (κ3) is 6.06. The highest BCUT2D eigenvalue weighted by atomic mass is 19.4. The number of benzene rings is 2. The fourth-order valence-electron chi connectivity index (χ4n) is 3.45. The number of anilines is 1. The number of alkyl halides is 3. The number of nitrogens with zero attached hydrogens (tertiary/aromatic N) is 1. The molecule has 1 amide bonds. The van der Waals surface area contributed by atoms with Crippen LogP contribution in [0.15, 0.2) is 42.5 Å². The summed E-state index contributed by atoms with van der Waals surface area (Å²) in [4.78, 5) is 13.9. The summed E-state index contributed by atoms with van der Waals surface area (Å²) < 4.78 is 49.4. The first kappa shape index (κ1) is 22.8. The molecule has 31 heavy (non-hydrogen) atoms. The van der Waals surface area contributed by atoms with Gasteiger partial charge in [-0.3, -0.25) is 0 Å². The van der Waals surface area contributed by atoms with Gasteiger partial charge < -0.3 is 20.1 Å². The number of carbonyl (C=O) groups excluding carboxylic acids is 1. The molecule has 0 aromatic heterocycles. The maximum absolute atomic E-state index is 12.7. The summed E-state index contributed by atoms with van der Waals surface area (Å²) >= 11 is 0. The van der Waals surface area contributed by atoms with Crippen molar-refractivity contribution >= 4 is 11.8 Å². The minimum Gasteiger partial charge on any atom is -0.455 e. The number of piperidine rings is 1. The van der Waals surface area contributed by atoms with Crippen molar-refractivity contribution in [2.75, 3.05) is 18.8 Å². The molecule has 1 heterocycles. The van der Waals surface area contributed by atoms with E-state index in [4.69, 9.17) is 15.2 Å². The monoisotopic (exact) mass is 436 g/mol. The van der Waals surface area contributed by atoms with Crippen LogP contribution < -0.4 is 10.5 Å². The fraction of sp³-hybridized carbons (Fsp3) is 0.435. The van der Waals surface area contributed by atoms with Gasteiger partial charge in [0.05, 0.1) is 11.3 Å². The molecule has 2 aromatic rings. The Hall–Kier alpha value is -2.90. The topological polar surface area (TPSA) is 64.8 Å². The Labute approximate surface area is 179 Å². The van der Waals surface area contributed by atoms with Crippen LogP contribution in [0.1, 0.15) is 50.7 Å². The van der Waals surface area contributed by atoms with Crippen LogP contribution in [0, 0.1) is 0 Å². The second-order valence-corrected chi connectivity index (χ2v) is 8.66. The van der Waals surface area contributed by atoms with Gasteiger partial charge in [-0.1, -0.05) is 6.07 Å². The van der Waals surface area contributed by atoms with Crippen LogP contribution in [0.2, 0.25) is 0 Å². The Kier molecular flexibility index (Phi) is 6.38. The van der Waals surface area contributed by atoms with Crippen LogP contribution in [-0.2, 0) is 10.9 Å². The van der Waals surface area contributed by atoms with Crippen LogP contribution in [0.5, 0.6) is 11.5 Å². The van der Waals surface area contributed by atoms with E-state index in [1.54, 1.807) is 11.0 Å². The molecule has 0 spiro atoms. The van der Waals surface area contributed by atoms with Gasteiger partial charge in [0, 0.05) is 13.1 Å². The first-order valence-corrected chi connectivity index (χ1v) is 10.1. The van der Waals surface area contributed by atoms with Crippen LogP contribution in [-0.4, -0.2) is 29.7 Å². The summed E-state index contributed by atoms with van der Waals surface area (Å²) in [5.41, 5.74) is 6.15. The first-order chi connectivity index (χ1) is 14.4. The molecule has 2 N–H and O–H groups in total. The van der Waals surface area contributed by atoms with Gasteiger partial charge in [-0.2, -0.15) is 13.2 Å². The van der Waals surface area contributed by atoms with Crippen molar-refractivity contribution in [2.45, 2.75) is 51.3 Å². The minimum absolute atomic E-state index is 0.217. The van der Waals surface area contributed by atoms with Gasteiger partial charge in [0.25, 0.3) is 0 Å². The quantitative estimate of drug-likeness (QED) is 0.583. The average Bonchev–Trinajstić information content (AvgIpc) is 2.68. The fourth-order valence-corrected chi connectivity index (χ4v) is 3.45. The number of hydrogen-bond acceptors (Lipinski definition) is 4. The number of nitrogens with two attached hydrogens (primary N) is 1. The lowest BCUT2D eigenvalue weighted by atomic mass is 9.89. The SMILES string of the molecule is CC(C)(C)OC(=O)N1CCC(c2ccc(N)c(Oc3ccc(C(F)(F)F)cc3)c2)CC1. The average molecular weight is 436 g/mol. The molecule has 1 aliphatic rings. The maximum Gasteiger partial charge on any atom is 0.416 e. The predicted octanol–water partition coefficient (Wildman–Crippen LogP) is 6.19. The number of likely N-dealkylation sites (tertiary alicyclic amines) is 1. The van der Waals surface area contributed by atoms with E-state index in [0.29, 0.717) is 24.5 Å². The second-order valence-electron chi connectivity index (χ2n) is 8.66. The summed E-state index contributed by atoms with van der Waals surface area (Å²) in [5, 5.41) is 0. The van der Waals surface area contributed by atoms with Gasteiger partial charge in [-0.25, -0.2) is 4.79 Å². The van der Waals surface area contributed by atoms with Crippen molar-refractivity contribution in [2.24, 2.45) is 0 Å². The van der Waals surface area contributed by atoms with E-state index in [1.807, 2.05) is 32.9 Å². The lowest BCUT2D eigenvalue weighted by Crippen LogP contribution is -2.41. The number of ether oxygens (including phenoxy) is 2. The van der Waals surface area contributed by atoms with E-state index >= 15 is 0 Å².